The molecule has 1 saturated heterocycles. The van der Waals surface area contributed by atoms with Crippen molar-refractivity contribution in [2.24, 2.45) is 0 Å². The van der Waals surface area contributed by atoms with Gasteiger partial charge < -0.3 is 5.32 Å². The van der Waals surface area contributed by atoms with Gasteiger partial charge in [0.1, 0.15) is 0 Å². The second kappa shape index (κ2) is 6.08. The van der Waals surface area contributed by atoms with Crippen molar-refractivity contribution in [2.75, 3.05) is 23.8 Å². The minimum Gasteiger partial charge on any atom is -0.312 e. The van der Waals surface area contributed by atoms with E-state index in [-0.39, 0.29) is 6.04 Å². The summed E-state index contributed by atoms with van der Waals surface area (Å²) < 4.78 is 22.6. The van der Waals surface area contributed by atoms with Gasteiger partial charge in [-0.1, -0.05) is 17.7 Å². The van der Waals surface area contributed by atoms with E-state index in [0.717, 1.165) is 18.7 Å². The maximum absolute atomic E-state index is 11.3. The predicted octanol–water partition coefficient (Wildman–Crippen LogP) is 1.86. The molecule has 1 fully saturated rings. The van der Waals surface area contributed by atoms with Crippen LogP contribution in [0.15, 0.2) is 29.2 Å². The van der Waals surface area contributed by atoms with E-state index < -0.39 is 9.84 Å². The summed E-state index contributed by atoms with van der Waals surface area (Å²) >= 11 is 1.80. The van der Waals surface area contributed by atoms with Crippen LogP contribution in [0.3, 0.4) is 0 Å². The standard InChI is InChI=1S/C13H19NO2S2/c1-11-2-4-13(5-3-11)17-8-7-14-12-6-9-18(15,16)10-12/h2-5,12,14H,6-10H2,1H3. The zero-order chi connectivity index (χ0) is 13.0. The lowest BCUT2D eigenvalue weighted by molar-refractivity contribution is 0.575. The van der Waals surface area contributed by atoms with E-state index in [1.54, 1.807) is 11.8 Å². The third-order valence-electron chi connectivity index (χ3n) is 3.06. The molecule has 0 saturated carbocycles. The average Bonchev–Trinajstić information content (AvgIpc) is 2.67. The lowest BCUT2D eigenvalue weighted by Gasteiger charge is -2.10. The Morgan fingerprint density at radius 3 is 2.67 bits per heavy atom. The van der Waals surface area contributed by atoms with Crippen molar-refractivity contribution < 1.29 is 8.42 Å². The second-order valence-corrected chi connectivity index (χ2v) is 8.11. The first-order valence-electron chi connectivity index (χ1n) is 6.18. The van der Waals surface area contributed by atoms with Crippen molar-refractivity contribution in [3.63, 3.8) is 0 Å². The van der Waals surface area contributed by atoms with Crippen molar-refractivity contribution in [2.45, 2.75) is 24.3 Å². The maximum atomic E-state index is 11.3. The number of sulfone groups is 1. The molecule has 1 aromatic rings. The summed E-state index contributed by atoms with van der Waals surface area (Å²) in [6.45, 7) is 2.94. The van der Waals surface area contributed by atoms with Gasteiger partial charge >= 0.3 is 0 Å². The maximum Gasteiger partial charge on any atom is 0.151 e. The second-order valence-electron chi connectivity index (χ2n) is 4.72. The van der Waals surface area contributed by atoms with Gasteiger partial charge in [-0.05, 0) is 25.5 Å². The van der Waals surface area contributed by atoms with Crippen LogP contribution in [0.4, 0.5) is 0 Å². The Kier molecular flexibility index (Phi) is 4.70. The molecule has 0 aromatic heterocycles. The quantitative estimate of drug-likeness (QED) is 0.662. The summed E-state index contributed by atoms with van der Waals surface area (Å²) in [5.74, 6) is 1.62. The van der Waals surface area contributed by atoms with Crippen molar-refractivity contribution in [1.82, 2.24) is 5.32 Å². The Hall–Kier alpha value is -0.520. The van der Waals surface area contributed by atoms with E-state index in [9.17, 15) is 8.42 Å². The highest BCUT2D eigenvalue weighted by Gasteiger charge is 2.26. The molecule has 0 amide bonds. The molecule has 0 spiro atoms. The van der Waals surface area contributed by atoms with Crippen LogP contribution in [0.25, 0.3) is 0 Å². The molecule has 1 aromatic carbocycles. The molecule has 18 heavy (non-hydrogen) atoms. The van der Waals surface area contributed by atoms with E-state index >= 15 is 0 Å². The van der Waals surface area contributed by atoms with Gasteiger partial charge in [-0.3, -0.25) is 0 Å². The van der Waals surface area contributed by atoms with Gasteiger partial charge in [-0.25, -0.2) is 8.42 Å². The van der Waals surface area contributed by atoms with Crippen LogP contribution in [-0.4, -0.2) is 38.3 Å². The molecule has 1 heterocycles. The van der Waals surface area contributed by atoms with Crippen LogP contribution in [0.5, 0.6) is 0 Å². The summed E-state index contributed by atoms with van der Waals surface area (Å²) in [5, 5.41) is 3.32. The molecule has 1 aliphatic rings. The molecule has 1 unspecified atom stereocenters. The summed E-state index contributed by atoms with van der Waals surface area (Å²) in [5.41, 5.74) is 1.27. The van der Waals surface area contributed by atoms with Crippen molar-refractivity contribution in [3.05, 3.63) is 29.8 Å². The Labute approximate surface area is 113 Å². The van der Waals surface area contributed by atoms with Gasteiger partial charge in [-0.2, -0.15) is 0 Å². The van der Waals surface area contributed by atoms with Gasteiger partial charge in [0.15, 0.2) is 9.84 Å². The molecule has 0 bridgehead atoms. The molecule has 2 rings (SSSR count). The number of hydrogen-bond acceptors (Lipinski definition) is 4. The predicted molar refractivity (Wildman–Crippen MR) is 77.0 cm³/mol. The highest BCUT2D eigenvalue weighted by atomic mass is 32.2. The molecule has 3 nitrogen and oxygen atoms in total. The minimum absolute atomic E-state index is 0.161. The summed E-state index contributed by atoms with van der Waals surface area (Å²) in [4.78, 5) is 1.27. The highest BCUT2D eigenvalue weighted by Crippen LogP contribution is 2.18. The molecule has 5 heteroatoms. The van der Waals surface area contributed by atoms with E-state index in [1.165, 1.54) is 10.5 Å². The molecule has 1 N–H and O–H groups in total. The highest BCUT2D eigenvalue weighted by molar-refractivity contribution is 7.99. The third-order valence-corrected chi connectivity index (χ3v) is 5.84. The van der Waals surface area contributed by atoms with E-state index in [0.29, 0.717) is 11.5 Å². The van der Waals surface area contributed by atoms with Crippen LogP contribution < -0.4 is 5.32 Å². The Bertz CT molecular complexity index is 482. The molecule has 1 aliphatic heterocycles. The van der Waals surface area contributed by atoms with Gasteiger partial charge in [0.05, 0.1) is 11.5 Å². The summed E-state index contributed by atoms with van der Waals surface area (Å²) in [7, 11) is -2.76. The summed E-state index contributed by atoms with van der Waals surface area (Å²) in [6, 6.07) is 8.63. The Morgan fingerprint density at radius 1 is 1.33 bits per heavy atom. The fourth-order valence-corrected chi connectivity index (χ4v) is 4.51. The molecule has 100 valence electrons. The van der Waals surface area contributed by atoms with Gasteiger partial charge in [0.2, 0.25) is 0 Å². The average molecular weight is 285 g/mol. The minimum atomic E-state index is -2.76. The van der Waals surface area contributed by atoms with Crippen molar-refractivity contribution in [1.29, 1.82) is 0 Å². The molecule has 0 aliphatic carbocycles. The first kappa shape index (κ1) is 13.9. The van der Waals surface area contributed by atoms with E-state index in [4.69, 9.17) is 0 Å². The SMILES string of the molecule is Cc1ccc(SCCNC2CCS(=O)(=O)C2)cc1. The monoisotopic (exact) mass is 285 g/mol. The van der Waals surface area contributed by atoms with Gasteiger partial charge in [-0.15, -0.1) is 11.8 Å². The lowest BCUT2D eigenvalue weighted by atomic mass is 10.2. The number of hydrogen-bond donors (Lipinski definition) is 1. The lowest BCUT2D eigenvalue weighted by Crippen LogP contribution is -2.31. The van der Waals surface area contributed by atoms with Gasteiger partial charge in [0, 0.05) is 23.2 Å². The van der Waals surface area contributed by atoms with Gasteiger partial charge in [0.25, 0.3) is 0 Å². The fourth-order valence-electron chi connectivity index (χ4n) is 2.02. The molecular formula is C13H19NO2S2. The zero-order valence-electron chi connectivity index (χ0n) is 10.6. The third kappa shape index (κ3) is 4.30. The number of nitrogens with one attached hydrogen (secondary N) is 1. The Morgan fingerprint density at radius 2 is 2.06 bits per heavy atom. The van der Waals surface area contributed by atoms with Crippen LogP contribution in [-0.2, 0) is 9.84 Å². The number of benzene rings is 1. The van der Waals surface area contributed by atoms with E-state index in [1.807, 2.05) is 0 Å². The zero-order valence-corrected chi connectivity index (χ0v) is 12.2. The number of thioether (sulfide) groups is 1. The summed E-state index contributed by atoms with van der Waals surface area (Å²) in [6.07, 6.45) is 0.761. The van der Waals surface area contributed by atoms with Crippen LogP contribution >= 0.6 is 11.8 Å². The smallest absolute Gasteiger partial charge is 0.151 e. The van der Waals surface area contributed by atoms with Crippen LogP contribution in [0, 0.1) is 6.92 Å². The van der Waals surface area contributed by atoms with Crippen LogP contribution in [0.1, 0.15) is 12.0 Å². The molecular weight excluding hydrogens is 266 g/mol. The molecule has 0 radical (unpaired) electrons. The number of aryl methyl sites for hydroxylation is 1. The Balaban J connectivity index is 1.66. The van der Waals surface area contributed by atoms with Crippen molar-refractivity contribution >= 4 is 21.6 Å². The van der Waals surface area contributed by atoms with Crippen molar-refractivity contribution in [3.8, 4) is 0 Å². The van der Waals surface area contributed by atoms with E-state index in [2.05, 4.69) is 36.5 Å². The largest absolute Gasteiger partial charge is 0.312 e. The number of rotatable bonds is 5. The first-order chi connectivity index (χ1) is 8.55. The topological polar surface area (TPSA) is 46.2 Å². The first-order valence-corrected chi connectivity index (χ1v) is 8.99. The fraction of sp³-hybridized carbons (Fsp3) is 0.538. The molecule has 1 atom stereocenters. The normalized spacial score (nSPS) is 22.2. The van der Waals surface area contributed by atoms with Crippen LogP contribution in [0.2, 0.25) is 0 Å².